The zero-order valence-corrected chi connectivity index (χ0v) is 18.8. The van der Waals surface area contributed by atoms with E-state index in [-0.39, 0.29) is 37.3 Å². The number of amides is 2. The van der Waals surface area contributed by atoms with Crippen LogP contribution >= 0.6 is 0 Å². The van der Waals surface area contributed by atoms with Gasteiger partial charge in [-0.1, -0.05) is 48.5 Å². The summed E-state index contributed by atoms with van der Waals surface area (Å²) < 4.78 is 5.60. The molecule has 1 heterocycles. The van der Waals surface area contributed by atoms with Crippen LogP contribution < -0.4 is 5.32 Å². The van der Waals surface area contributed by atoms with Gasteiger partial charge in [0, 0.05) is 31.0 Å². The summed E-state index contributed by atoms with van der Waals surface area (Å²) in [6.45, 7) is 4.49. The molecule has 0 spiro atoms. The predicted octanol–water partition coefficient (Wildman–Crippen LogP) is 3.63. The molecule has 2 aromatic carbocycles. The lowest BCUT2D eigenvalue weighted by Crippen LogP contribution is -2.48. The summed E-state index contributed by atoms with van der Waals surface area (Å²) in [6, 6.07) is 16.3. The normalized spacial score (nSPS) is 22.8. The van der Waals surface area contributed by atoms with Gasteiger partial charge in [0.25, 0.3) is 0 Å². The maximum Gasteiger partial charge on any atom is 0.407 e. The van der Waals surface area contributed by atoms with Crippen molar-refractivity contribution in [3.63, 3.8) is 0 Å². The molecule has 172 valence electrons. The van der Waals surface area contributed by atoms with Crippen molar-refractivity contribution >= 4 is 18.0 Å². The number of hydrogen-bond donors (Lipinski definition) is 2. The first-order valence-corrected chi connectivity index (χ1v) is 11.3. The largest absolute Gasteiger partial charge is 0.481 e. The number of fused-ring (bicyclic) bond motifs is 4. The topological polar surface area (TPSA) is 95.9 Å². The van der Waals surface area contributed by atoms with Gasteiger partial charge >= 0.3 is 12.1 Å². The highest BCUT2D eigenvalue weighted by atomic mass is 16.5. The SMILES string of the molecule is CC(C)(CC(=O)N1CC2CC2(C(=O)O)C1)NC(=O)OCC1c2ccccc2-c2ccccc21. The molecule has 2 atom stereocenters. The number of rotatable bonds is 6. The summed E-state index contributed by atoms with van der Waals surface area (Å²) in [6.07, 6.45) is 0.161. The number of benzene rings is 2. The average Bonchev–Trinajstić information content (AvgIpc) is 3.19. The molecule has 5 rings (SSSR count). The maximum absolute atomic E-state index is 12.8. The molecule has 7 nitrogen and oxygen atoms in total. The number of carboxylic acid groups (broad SMARTS) is 1. The Kier molecular flexibility index (Phi) is 4.96. The summed E-state index contributed by atoms with van der Waals surface area (Å²) >= 11 is 0. The van der Waals surface area contributed by atoms with Gasteiger partial charge in [-0.2, -0.15) is 0 Å². The van der Waals surface area contributed by atoms with Crippen molar-refractivity contribution in [1.29, 1.82) is 0 Å². The van der Waals surface area contributed by atoms with Crippen molar-refractivity contribution < 1.29 is 24.2 Å². The summed E-state index contributed by atoms with van der Waals surface area (Å²) in [5, 5.41) is 12.2. The zero-order valence-electron chi connectivity index (χ0n) is 18.8. The molecule has 33 heavy (non-hydrogen) atoms. The highest BCUT2D eigenvalue weighted by molar-refractivity contribution is 5.84. The summed E-state index contributed by atoms with van der Waals surface area (Å²) in [5.41, 5.74) is 3.04. The van der Waals surface area contributed by atoms with Gasteiger partial charge in [0.1, 0.15) is 6.61 Å². The van der Waals surface area contributed by atoms with Gasteiger partial charge in [-0.05, 0) is 48.4 Å². The number of ether oxygens (including phenoxy) is 1. The summed E-state index contributed by atoms with van der Waals surface area (Å²) in [4.78, 5) is 38.5. The van der Waals surface area contributed by atoms with Crippen LogP contribution in [0.3, 0.4) is 0 Å². The third-order valence-electron chi connectivity index (χ3n) is 7.30. The van der Waals surface area contributed by atoms with Crippen LogP contribution in [0.2, 0.25) is 0 Å². The van der Waals surface area contributed by atoms with Crippen molar-refractivity contribution in [3.05, 3.63) is 59.7 Å². The minimum atomic E-state index is -0.821. The molecule has 2 aliphatic carbocycles. The van der Waals surface area contributed by atoms with E-state index in [1.807, 2.05) is 24.3 Å². The van der Waals surface area contributed by atoms with Crippen molar-refractivity contribution in [2.24, 2.45) is 11.3 Å². The fourth-order valence-corrected chi connectivity index (χ4v) is 5.45. The molecule has 3 aliphatic rings. The minimum Gasteiger partial charge on any atom is -0.481 e. The van der Waals surface area contributed by atoms with Gasteiger partial charge in [-0.15, -0.1) is 0 Å². The smallest absolute Gasteiger partial charge is 0.407 e. The molecule has 1 saturated carbocycles. The number of nitrogens with one attached hydrogen (secondary N) is 1. The van der Waals surface area contributed by atoms with E-state index >= 15 is 0 Å². The van der Waals surface area contributed by atoms with Gasteiger partial charge in [-0.25, -0.2) is 4.79 Å². The molecule has 0 bridgehead atoms. The Bertz CT molecular complexity index is 1100. The molecular formula is C26H28N2O5. The number of hydrogen-bond acceptors (Lipinski definition) is 4. The van der Waals surface area contributed by atoms with Crippen molar-refractivity contribution in [2.45, 2.75) is 38.1 Å². The second kappa shape index (κ2) is 7.61. The van der Waals surface area contributed by atoms with Gasteiger partial charge in [0.2, 0.25) is 5.91 Å². The highest BCUT2D eigenvalue weighted by Crippen LogP contribution is 2.58. The van der Waals surface area contributed by atoms with E-state index in [2.05, 4.69) is 29.6 Å². The number of carbonyl (C=O) groups excluding carboxylic acids is 2. The molecule has 1 aliphatic heterocycles. The number of carbonyl (C=O) groups is 3. The molecule has 0 radical (unpaired) electrons. The van der Waals surface area contributed by atoms with Crippen LogP contribution in [0.15, 0.2) is 48.5 Å². The fraction of sp³-hybridized carbons (Fsp3) is 0.423. The quantitative estimate of drug-likeness (QED) is 0.704. The first-order chi connectivity index (χ1) is 15.7. The standard InChI is InChI=1S/C26H28N2O5/c1-25(2,12-22(29)28-13-16-11-26(16,15-28)23(30)31)27-24(32)33-14-21-19-9-5-3-7-17(19)18-8-4-6-10-20(18)21/h3-10,16,21H,11-15H2,1-2H3,(H,27,32)(H,30,31). The van der Waals surface area contributed by atoms with E-state index in [1.165, 1.54) is 0 Å². The highest BCUT2D eigenvalue weighted by Gasteiger charge is 2.66. The predicted molar refractivity (Wildman–Crippen MR) is 122 cm³/mol. The van der Waals surface area contributed by atoms with Crippen LogP contribution in [0.1, 0.15) is 43.7 Å². The molecule has 2 fully saturated rings. The fourth-order valence-electron chi connectivity index (χ4n) is 5.45. The summed E-state index contributed by atoms with van der Waals surface area (Å²) in [7, 11) is 0. The average molecular weight is 449 g/mol. The van der Waals surface area contributed by atoms with Gasteiger partial charge in [-0.3, -0.25) is 9.59 Å². The number of likely N-dealkylation sites (tertiary alicyclic amines) is 1. The number of aliphatic carboxylic acids is 1. The second-order valence-electron chi connectivity index (χ2n) is 10.1. The Labute approximate surface area is 192 Å². The third-order valence-corrected chi connectivity index (χ3v) is 7.30. The Morgan fingerprint density at radius 2 is 1.70 bits per heavy atom. The van der Waals surface area contributed by atoms with E-state index in [0.717, 1.165) is 22.3 Å². The second-order valence-corrected chi connectivity index (χ2v) is 10.1. The molecule has 1 saturated heterocycles. The van der Waals surface area contributed by atoms with Crippen molar-refractivity contribution in [3.8, 4) is 11.1 Å². The molecule has 2 N–H and O–H groups in total. The lowest BCUT2D eigenvalue weighted by Gasteiger charge is -2.29. The maximum atomic E-state index is 12.8. The van der Waals surface area contributed by atoms with Gasteiger partial charge < -0.3 is 20.1 Å². The van der Waals surface area contributed by atoms with Crippen LogP contribution in [0, 0.1) is 11.3 Å². The molecule has 0 aromatic heterocycles. The molecule has 2 unspecified atom stereocenters. The van der Waals surface area contributed by atoms with Crippen molar-refractivity contribution in [1.82, 2.24) is 10.2 Å². The number of piperidine rings is 1. The lowest BCUT2D eigenvalue weighted by molar-refractivity contribution is -0.144. The first kappa shape index (κ1) is 21.5. The molecular weight excluding hydrogens is 420 g/mol. The van der Waals surface area contributed by atoms with Crippen LogP contribution in [-0.4, -0.2) is 53.2 Å². The Hall–Kier alpha value is -3.35. The zero-order chi connectivity index (χ0) is 23.4. The van der Waals surface area contributed by atoms with Crippen LogP contribution in [0.5, 0.6) is 0 Å². The van der Waals surface area contributed by atoms with Crippen molar-refractivity contribution in [2.75, 3.05) is 19.7 Å². The van der Waals surface area contributed by atoms with Gasteiger partial charge in [0.15, 0.2) is 0 Å². The summed E-state index contributed by atoms with van der Waals surface area (Å²) in [5.74, 6) is -0.945. The first-order valence-electron chi connectivity index (χ1n) is 11.3. The van der Waals surface area contributed by atoms with Crippen LogP contribution in [-0.2, 0) is 14.3 Å². The Morgan fingerprint density at radius 3 is 2.27 bits per heavy atom. The minimum absolute atomic E-state index is 0.0311. The third kappa shape index (κ3) is 3.75. The van der Waals surface area contributed by atoms with E-state index in [4.69, 9.17) is 4.74 Å². The van der Waals surface area contributed by atoms with E-state index in [0.29, 0.717) is 13.0 Å². The van der Waals surface area contributed by atoms with E-state index in [1.54, 1.807) is 18.7 Å². The Morgan fingerprint density at radius 1 is 1.09 bits per heavy atom. The molecule has 7 heteroatoms. The van der Waals surface area contributed by atoms with Gasteiger partial charge in [0.05, 0.1) is 5.41 Å². The van der Waals surface area contributed by atoms with E-state index < -0.39 is 23.0 Å². The lowest BCUT2D eigenvalue weighted by atomic mass is 9.98. The number of carboxylic acids is 1. The molecule has 2 amide bonds. The van der Waals surface area contributed by atoms with E-state index in [9.17, 15) is 19.5 Å². The monoisotopic (exact) mass is 448 g/mol. The van der Waals surface area contributed by atoms with Crippen LogP contribution in [0.4, 0.5) is 4.79 Å². The Balaban J connectivity index is 1.18. The number of nitrogens with zero attached hydrogens (tertiary/aromatic N) is 1. The van der Waals surface area contributed by atoms with Crippen LogP contribution in [0.25, 0.3) is 11.1 Å². The molecule has 2 aromatic rings. The number of alkyl carbamates (subject to hydrolysis) is 1.